The molecule has 92 valence electrons. The van der Waals surface area contributed by atoms with Gasteiger partial charge < -0.3 is 9.64 Å². The van der Waals surface area contributed by atoms with Crippen LogP contribution in [0.15, 0.2) is 22.7 Å². The minimum Gasteiger partial charge on any atom is -0.482 e. The Balaban J connectivity index is 1.92. The van der Waals surface area contributed by atoms with Crippen LogP contribution in [0.5, 0.6) is 5.75 Å². The highest BCUT2D eigenvalue weighted by Crippen LogP contribution is 2.27. The number of nitrogens with zero attached hydrogens (tertiary/aromatic N) is 1. The Labute approximate surface area is 108 Å². The van der Waals surface area contributed by atoms with Crippen molar-refractivity contribution in [3.8, 4) is 5.75 Å². The van der Waals surface area contributed by atoms with Crippen molar-refractivity contribution in [3.63, 3.8) is 0 Å². The molecule has 5 heteroatoms. The Morgan fingerprint density at radius 3 is 2.94 bits per heavy atom. The molecule has 0 radical (unpaired) electrons. The summed E-state index contributed by atoms with van der Waals surface area (Å²) in [5, 5.41) is 0. The average molecular weight is 302 g/mol. The van der Waals surface area contributed by atoms with Gasteiger partial charge in [-0.15, -0.1) is 0 Å². The van der Waals surface area contributed by atoms with Crippen LogP contribution in [0.25, 0.3) is 0 Å². The van der Waals surface area contributed by atoms with E-state index in [1.54, 1.807) is 18.0 Å². The van der Waals surface area contributed by atoms with Gasteiger partial charge in [0.2, 0.25) is 0 Å². The second-order valence-electron chi connectivity index (χ2n) is 4.10. The normalized spacial score (nSPS) is 14.5. The minimum atomic E-state index is -0.383. The Bertz CT molecular complexity index is 435. The zero-order chi connectivity index (χ0) is 12.4. The van der Waals surface area contributed by atoms with E-state index < -0.39 is 0 Å². The van der Waals surface area contributed by atoms with E-state index in [4.69, 9.17) is 4.74 Å². The highest BCUT2D eigenvalue weighted by Gasteiger charge is 2.29. The molecule has 1 aliphatic rings. The van der Waals surface area contributed by atoms with Gasteiger partial charge in [0.15, 0.2) is 6.61 Å². The molecule has 17 heavy (non-hydrogen) atoms. The van der Waals surface area contributed by atoms with Crippen LogP contribution in [0, 0.1) is 5.82 Å². The summed E-state index contributed by atoms with van der Waals surface area (Å²) in [6.45, 7) is -0.0605. The van der Waals surface area contributed by atoms with Crippen molar-refractivity contribution in [3.05, 3.63) is 28.5 Å². The fraction of sp³-hybridized carbons (Fsp3) is 0.417. The lowest BCUT2D eigenvalue weighted by Gasteiger charge is -2.16. The third-order valence-electron chi connectivity index (χ3n) is 2.73. The monoisotopic (exact) mass is 301 g/mol. The van der Waals surface area contributed by atoms with Crippen molar-refractivity contribution in [2.24, 2.45) is 0 Å². The zero-order valence-corrected chi connectivity index (χ0v) is 11.0. The molecule has 3 nitrogen and oxygen atoms in total. The molecular formula is C12H13BrFNO2. The van der Waals surface area contributed by atoms with Crippen LogP contribution in [0.3, 0.4) is 0 Å². The standard InChI is InChI=1S/C12H13BrFNO2/c1-15(9-3-4-9)12(16)7-17-11-6-8(14)2-5-10(11)13/h2,5-6,9H,3-4,7H2,1H3. The van der Waals surface area contributed by atoms with Gasteiger partial charge >= 0.3 is 0 Å². The van der Waals surface area contributed by atoms with Gasteiger partial charge in [0.05, 0.1) is 4.47 Å². The van der Waals surface area contributed by atoms with E-state index in [2.05, 4.69) is 15.9 Å². The Hall–Kier alpha value is -1.10. The van der Waals surface area contributed by atoms with E-state index >= 15 is 0 Å². The molecule has 1 aromatic rings. The molecule has 1 aromatic carbocycles. The fourth-order valence-corrected chi connectivity index (χ4v) is 1.86. The van der Waals surface area contributed by atoms with Crippen LogP contribution in [-0.2, 0) is 4.79 Å². The third kappa shape index (κ3) is 3.19. The number of ether oxygens (including phenoxy) is 1. The van der Waals surface area contributed by atoms with E-state index in [0.717, 1.165) is 12.8 Å². The molecule has 0 aromatic heterocycles. The number of carbonyl (C=O) groups excluding carboxylic acids is 1. The van der Waals surface area contributed by atoms with Crippen molar-refractivity contribution < 1.29 is 13.9 Å². The lowest BCUT2D eigenvalue weighted by Crippen LogP contribution is -2.33. The molecule has 0 unspecified atom stereocenters. The van der Waals surface area contributed by atoms with Crippen molar-refractivity contribution in [2.75, 3.05) is 13.7 Å². The molecule has 1 aliphatic carbocycles. The van der Waals surface area contributed by atoms with E-state index in [1.807, 2.05) is 0 Å². The minimum absolute atomic E-state index is 0.0605. The third-order valence-corrected chi connectivity index (χ3v) is 3.39. The summed E-state index contributed by atoms with van der Waals surface area (Å²) in [5.74, 6) is -0.114. The maximum absolute atomic E-state index is 13.0. The molecular weight excluding hydrogens is 289 g/mol. The summed E-state index contributed by atoms with van der Waals surface area (Å²) < 4.78 is 18.9. The Kier molecular flexibility index (Phi) is 3.66. The second-order valence-corrected chi connectivity index (χ2v) is 4.95. The zero-order valence-electron chi connectivity index (χ0n) is 9.45. The smallest absolute Gasteiger partial charge is 0.260 e. The molecule has 0 aliphatic heterocycles. The second kappa shape index (κ2) is 5.04. The topological polar surface area (TPSA) is 29.5 Å². The molecule has 2 rings (SSSR count). The lowest BCUT2D eigenvalue weighted by atomic mass is 10.3. The molecule has 1 fully saturated rings. The number of amides is 1. The van der Waals surface area contributed by atoms with Gasteiger partial charge in [-0.3, -0.25) is 4.79 Å². The van der Waals surface area contributed by atoms with Gasteiger partial charge in [-0.05, 0) is 40.9 Å². The predicted molar refractivity (Wildman–Crippen MR) is 65.4 cm³/mol. The number of halogens is 2. The van der Waals surface area contributed by atoms with E-state index in [1.165, 1.54) is 12.1 Å². The van der Waals surface area contributed by atoms with E-state index in [0.29, 0.717) is 16.3 Å². The van der Waals surface area contributed by atoms with Crippen molar-refractivity contribution in [2.45, 2.75) is 18.9 Å². The molecule has 1 amide bonds. The maximum atomic E-state index is 13.0. The van der Waals surface area contributed by atoms with Crippen molar-refractivity contribution in [1.29, 1.82) is 0 Å². The highest BCUT2D eigenvalue weighted by molar-refractivity contribution is 9.10. The Morgan fingerprint density at radius 2 is 2.29 bits per heavy atom. The highest BCUT2D eigenvalue weighted by atomic mass is 79.9. The number of likely N-dealkylation sites (N-methyl/N-ethyl adjacent to an activating group) is 1. The summed E-state index contributed by atoms with van der Waals surface area (Å²) in [7, 11) is 1.77. The molecule has 0 spiro atoms. The molecule has 0 saturated heterocycles. The number of hydrogen-bond donors (Lipinski definition) is 0. The SMILES string of the molecule is CN(C(=O)COc1cc(F)ccc1Br)C1CC1. The van der Waals surface area contributed by atoms with E-state index in [-0.39, 0.29) is 18.3 Å². The van der Waals surface area contributed by atoms with Crippen molar-refractivity contribution >= 4 is 21.8 Å². The molecule has 0 N–H and O–H groups in total. The van der Waals surface area contributed by atoms with Crippen molar-refractivity contribution in [1.82, 2.24) is 4.90 Å². The summed E-state index contributed by atoms with van der Waals surface area (Å²) in [6, 6.07) is 4.51. The maximum Gasteiger partial charge on any atom is 0.260 e. The first-order valence-corrected chi connectivity index (χ1v) is 6.20. The van der Waals surface area contributed by atoms with Gasteiger partial charge in [0.1, 0.15) is 11.6 Å². The average Bonchev–Trinajstić information content (AvgIpc) is 3.13. The van der Waals surface area contributed by atoms with Crippen LogP contribution < -0.4 is 4.74 Å². The van der Waals surface area contributed by atoms with Gasteiger partial charge in [0.25, 0.3) is 5.91 Å². The van der Waals surface area contributed by atoms with Crippen LogP contribution in [0.2, 0.25) is 0 Å². The Morgan fingerprint density at radius 1 is 1.59 bits per heavy atom. The van der Waals surface area contributed by atoms with Gasteiger partial charge in [-0.2, -0.15) is 0 Å². The summed E-state index contributed by atoms with van der Waals surface area (Å²) >= 11 is 3.24. The van der Waals surface area contributed by atoms with Crippen LogP contribution in [0.4, 0.5) is 4.39 Å². The fourth-order valence-electron chi connectivity index (χ4n) is 1.49. The molecule has 0 heterocycles. The summed E-state index contributed by atoms with van der Waals surface area (Å²) in [6.07, 6.45) is 2.12. The number of carbonyl (C=O) groups is 1. The molecule has 0 atom stereocenters. The first-order chi connectivity index (χ1) is 8.08. The number of hydrogen-bond acceptors (Lipinski definition) is 2. The first-order valence-electron chi connectivity index (χ1n) is 5.41. The quantitative estimate of drug-likeness (QED) is 0.855. The van der Waals surface area contributed by atoms with Crippen LogP contribution >= 0.6 is 15.9 Å². The number of benzene rings is 1. The predicted octanol–water partition coefficient (Wildman–Crippen LogP) is 2.59. The molecule has 0 bridgehead atoms. The van der Waals surface area contributed by atoms with Gasteiger partial charge in [-0.25, -0.2) is 4.39 Å². The van der Waals surface area contributed by atoms with Gasteiger partial charge in [0, 0.05) is 19.2 Å². The summed E-state index contributed by atoms with van der Waals surface area (Å²) in [4.78, 5) is 13.4. The lowest BCUT2D eigenvalue weighted by molar-refractivity contribution is -0.132. The molecule has 1 saturated carbocycles. The number of rotatable bonds is 4. The van der Waals surface area contributed by atoms with Crippen LogP contribution in [0.1, 0.15) is 12.8 Å². The van der Waals surface area contributed by atoms with Crippen LogP contribution in [-0.4, -0.2) is 30.5 Å². The summed E-state index contributed by atoms with van der Waals surface area (Å²) in [5.41, 5.74) is 0. The van der Waals surface area contributed by atoms with Gasteiger partial charge in [-0.1, -0.05) is 0 Å². The van der Waals surface area contributed by atoms with E-state index in [9.17, 15) is 9.18 Å². The largest absolute Gasteiger partial charge is 0.482 e. The first kappa shape index (κ1) is 12.4.